The van der Waals surface area contributed by atoms with Crippen LogP contribution in [-0.4, -0.2) is 54.4 Å². The summed E-state index contributed by atoms with van der Waals surface area (Å²) in [6, 6.07) is -8.62. The van der Waals surface area contributed by atoms with Crippen LogP contribution in [0.5, 0.6) is 0 Å². The van der Waals surface area contributed by atoms with Crippen molar-refractivity contribution in [2.45, 2.75) is 54.4 Å². The number of hydrogen-bond donors (Lipinski definition) is 0. The fourth-order valence-electron chi connectivity index (χ4n) is 1.65. The Morgan fingerprint density at radius 2 is 0.561 bits per heavy atom. The van der Waals surface area contributed by atoms with Gasteiger partial charge in [0.25, 0.3) is 0 Å². The summed E-state index contributed by atoms with van der Waals surface area (Å²) in [4.78, 5) is 0. The van der Waals surface area contributed by atoms with Crippen LogP contribution in [0.25, 0.3) is 0 Å². The highest BCUT2D eigenvalue weighted by Gasteiger charge is 2.87. The molecule has 0 spiro atoms. The summed E-state index contributed by atoms with van der Waals surface area (Å²) in [5.41, 5.74) is 0. The molecule has 0 bridgehead atoms. The van der Waals surface area contributed by atoms with Crippen molar-refractivity contribution in [3.05, 3.63) is 24.2 Å². The second-order valence-corrected chi connectivity index (χ2v) is 6.30. The van der Waals surface area contributed by atoms with Crippen molar-refractivity contribution in [1.29, 1.82) is 0 Å². The van der Waals surface area contributed by atoms with Gasteiger partial charge in [-0.2, -0.15) is 105 Å². The number of alkyl halides is 18. The van der Waals surface area contributed by atoms with E-state index in [1.807, 2.05) is 0 Å². The lowest BCUT2D eigenvalue weighted by Gasteiger charge is -2.40. The Morgan fingerprint density at radius 3 is 0.732 bits per heavy atom. The highest BCUT2D eigenvalue weighted by atomic mass is 19.4. The normalized spacial score (nSPS) is 17.4. The maximum absolute atomic E-state index is 13.8. The van der Waals surface area contributed by atoms with Crippen molar-refractivity contribution in [2.75, 3.05) is 0 Å². The topological polar surface area (TPSA) is 36.9 Å². The van der Waals surface area contributed by atoms with Gasteiger partial charge < -0.3 is 9.47 Å². The molecule has 4 nitrogen and oxygen atoms in total. The number of halogens is 24. The first-order valence-electron chi connectivity index (χ1n) is 8.17. The van der Waals surface area contributed by atoms with Crippen LogP contribution in [-0.2, 0) is 18.9 Å². The van der Waals surface area contributed by atoms with Crippen molar-refractivity contribution in [3.63, 3.8) is 0 Å². The Balaban J connectivity index is 6.98. The van der Waals surface area contributed by atoms with Gasteiger partial charge in [-0.25, -0.2) is 0 Å². The van der Waals surface area contributed by atoms with Gasteiger partial charge in [0.05, 0.1) is 0 Å². The van der Waals surface area contributed by atoms with Gasteiger partial charge in [-0.1, -0.05) is 0 Å². The van der Waals surface area contributed by atoms with E-state index in [9.17, 15) is 105 Å². The van der Waals surface area contributed by atoms with Gasteiger partial charge in [-0.05, 0) is 0 Å². The highest BCUT2D eigenvalue weighted by molar-refractivity contribution is 4.98. The molecular weight excluding hydrogens is 676 g/mol. The Kier molecular flexibility index (Phi) is 10.2. The van der Waals surface area contributed by atoms with Gasteiger partial charge in [-0.15, -0.1) is 0 Å². The van der Waals surface area contributed by atoms with Crippen LogP contribution in [0.4, 0.5) is 105 Å². The molecule has 0 saturated carbocycles. The fourth-order valence-corrected chi connectivity index (χ4v) is 1.65. The third kappa shape index (κ3) is 7.04. The third-order valence-electron chi connectivity index (χ3n) is 3.48. The molecule has 28 heteroatoms. The molecule has 0 radical (unpaired) electrons. The molecule has 0 fully saturated rings. The van der Waals surface area contributed by atoms with E-state index in [2.05, 4.69) is 0 Å². The average molecular weight is 676 g/mol. The van der Waals surface area contributed by atoms with Crippen LogP contribution in [0.2, 0.25) is 0 Å². The van der Waals surface area contributed by atoms with E-state index < -0.39 is 78.6 Å². The minimum Gasteiger partial charge on any atom is -0.398 e. The van der Waals surface area contributed by atoms with Crippen molar-refractivity contribution in [2.24, 2.45) is 0 Å². The van der Waals surface area contributed by atoms with E-state index in [1.165, 1.54) is 0 Å². The summed E-state index contributed by atoms with van der Waals surface area (Å²) < 4.78 is 315. The number of ether oxygens (including phenoxy) is 4. The summed E-state index contributed by atoms with van der Waals surface area (Å²) >= 11 is 0. The molecule has 244 valence electrons. The zero-order valence-electron chi connectivity index (χ0n) is 17.2. The molecule has 0 saturated heterocycles. The molecule has 2 unspecified atom stereocenters. The minimum absolute atomic E-state index is 1.13. The van der Waals surface area contributed by atoms with Crippen molar-refractivity contribution < 1.29 is 124 Å². The van der Waals surface area contributed by atoms with E-state index in [4.69, 9.17) is 0 Å². The minimum atomic E-state index is -8.74. The van der Waals surface area contributed by atoms with E-state index in [0.29, 0.717) is 0 Å². The SMILES string of the molecule is FC(F)=C(F)OC(F)(F)C(F)(OC(F)(F)C(F)(F)C(F)(F)OC(F)(C(F)(F)F)C(F)(F)OC(F)=C(F)F)C(F)(F)F. The first kappa shape index (κ1) is 38.3. The molecule has 2 atom stereocenters. The molecule has 0 aliphatic carbocycles. The largest absolute Gasteiger partial charge is 0.471 e. The lowest BCUT2D eigenvalue weighted by Crippen LogP contribution is -2.69. The quantitative estimate of drug-likeness (QED) is 0.153. The summed E-state index contributed by atoms with van der Waals surface area (Å²) in [5, 5.41) is 0. The smallest absolute Gasteiger partial charge is 0.398 e. The van der Waals surface area contributed by atoms with Gasteiger partial charge in [0, 0.05) is 0 Å². The maximum atomic E-state index is 13.8. The van der Waals surface area contributed by atoms with Gasteiger partial charge in [0.15, 0.2) is 0 Å². The number of rotatable bonds is 12. The van der Waals surface area contributed by atoms with Gasteiger partial charge in [0.2, 0.25) is 0 Å². The van der Waals surface area contributed by atoms with Crippen LogP contribution in [0.15, 0.2) is 24.2 Å². The van der Waals surface area contributed by atoms with Crippen LogP contribution < -0.4 is 0 Å². The predicted octanol–water partition coefficient (Wildman–Crippen LogP) is 8.59. The molecule has 0 aromatic carbocycles. The van der Waals surface area contributed by atoms with Crippen molar-refractivity contribution >= 4 is 0 Å². The first-order valence-corrected chi connectivity index (χ1v) is 8.17. The van der Waals surface area contributed by atoms with E-state index in [1.54, 1.807) is 9.47 Å². The van der Waals surface area contributed by atoms with Crippen LogP contribution >= 0.6 is 0 Å². The summed E-state index contributed by atoms with van der Waals surface area (Å²) in [7, 11) is 0. The van der Waals surface area contributed by atoms with Gasteiger partial charge in [-0.3, -0.25) is 9.47 Å². The molecule has 41 heavy (non-hydrogen) atoms. The number of hydrogen-bond acceptors (Lipinski definition) is 4. The second-order valence-electron chi connectivity index (χ2n) is 6.30. The van der Waals surface area contributed by atoms with E-state index in [-0.39, 0.29) is 0 Å². The summed E-state index contributed by atoms with van der Waals surface area (Å²) in [5.74, 6) is -25.2. The molecular formula is C13F24O4. The van der Waals surface area contributed by atoms with E-state index >= 15 is 0 Å². The van der Waals surface area contributed by atoms with Gasteiger partial charge >= 0.3 is 78.6 Å². The molecule has 0 rings (SSSR count). The third-order valence-corrected chi connectivity index (χ3v) is 3.48. The average Bonchev–Trinajstić information content (AvgIpc) is 2.69. The van der Waals surface area contributed by atoms with Crippen LogP contribution in [0.1, 0.15) is 0 Å². The summed E-state index contributed by atoms with van der Waals surface area (Å²) in [6.45, 7) is 0. The molecule has 0 heterocycles. The zero-order chi connectivity index (χ0) is 33.6. The summed E-state index contributed by atoms with van der Waals surface area (Å²) in [6.07, 6.45) is -57.4. The lowest BCUT2D eigenvalue weighted by molar-refractivity contribution is -0.562. The molecule has 0 aliphatic rings. The first-order chi connectivity index (χ1) is 17.6. The molecule has 0 aromatic rings. The standard InChI is InChI=1S/C13F24O4/c14-1(15)3(18)38-12(34,35)6(22,8(24,25)26)40-10(30,31)5(20,21)11(32,33)41-7(23,9(27,28)29)13(36,37)39-4(19)2(16)17. The lowest BCUT2D eigenvalue weighted by atomic mass is 10.2. The highest BCUT2D eigenvalue weighted by Crippen LogP contribution is 2.58. The Labute approximate surface area is 204 Å². The molecule has 0 aliphatic heterocycles. The van der Waals surface area contributed by atoms with Crippen molar-refractivity contribution in [3.8, 4) is 0 Å². The second kappa shape index (κ2) is 10.9. The van der Waals surface area contributed by atoms with E-state index in [0.717, 1.165) is 9.47 Å². The molecule has 0 aromatic heterocycles. The molecule has 0 amide bonds. The Hall–Kier alpha value is -2.68. The predicted molar refractivity (Wildman–Crippen MR) is 69.6 cm³/mol. The van der Waals surface area contributed by atoms with Crippen LogP contribution in [0.3, 0.4) is 0 Å². The Bertz CT molecular complexity index is 924. The van der Waals surface area contributed by atoms with Gasteiger partial charge in [0.1, 0.15) is 0 Å². The maximum Gasteiger partial charge on any atom is 0.471 e. The molecule has 0 N–H and O–H groups in total. The zero-order valence-corrected chi connectivity index (χ0v) is 17.2. The fraction of sp³-hybridized carbons (Fsp3) is 0.692. The monoisotopic (exact) mass is 676 g/mol. The van der Waals surface area contributed by atoms with Crippen molar-refractivity contribution in [1.82, 2.24) is 0 Å². The Morgan fingerprint density at radius 1 is 0.341 bits per heavy atom. The van der Waals surface area contributed by atoms with Crippen LogP contribution in [0, 0.1) is 0 Å².